The predicted molar refractivity (Wildman–Crippen MR) is 114 cm³/mol. The number of aromatic nitrogens is 1. The Labute approximate surface area is 174 Å². The zero-order valence-electron chi connectivity index (χ0n) is 16.9. The van der Waals surface area contributed by atoms with Gasteiger partial charge in [-0.3, -0.25) is 4.79 Å². The van der Waals surface area contributed by atoms with Crippen LogP contribution in [0.1, 0.15) is 21.6 Å². The van der Waals surface area contributed by atoms with Gasteiger partial charge in [0.1, 0.15) is 5.01 Å². The average molecular weight is 413 g/mol. The van der Waals surface area contributed by atoms with Gasteiger partial charge in [-0.15, -0.1) is 11.3 Å². The fourth-order valence-corrected chi connectivity index (χ4v) is 3.71. The minimum Gasteiger partial charge on any atom is -0.493 e. The van der Waals surface area contributed by atoms with Crippen LogP contribution in [0.15, 0.2) is 41.8 Å². The number of benzene rings is 2. The normalized spacial score (nSPS) is 10.5. The molecular formula is C22H24N2O4S. The Morgan fingerprint density at radius 2 is 1.69 bits per heavy atom. The second-order valence-corrected chi connectivity index (χ2v) is 7.29. The van der Waals surface area contributed by atoms with Crippen molar-refractivity contribution >= 4 is 17.2 Å². The molecular weight excluding hydrogens is 388 g/mol. The van der Waals surface area contributed by atoms with E-state index in [0.717, 1.165) is 21.8 Å². The van der Waals surface area contributed by atoms with Crippen LogP contribution in [0.2, 0.25) is 0 Å². The lowest BCUT2D eigenvalue weighted by atomic mass is 10.1. The first-order chi connectivity index (χ1) is 14.0. The van der Waals surface area contributed by atoms with Gasteiger partial charge in [0.15, 0.2) is 11.5 Å². The topological polar surface area (TPSA) is 69.7 Å². The third kappa shape index (κ3) is 4.86. The van der Waals surface area contributed by atoms with Crippen molar-refractivity contribution in [3.8, 4) is 27.8 Å². The van der Waals surface area contributed by atoms with Gasteiger partial charge in [-0.2, -0.15) is 0 Å². The van der Waals surface area contributed by atoms with E-state index in [4.69, 9.17) is 14.2 Å². The first kappa shape index (κ1) is 20.7. The second kappa shape index (κ2) is 9.43. The quantitative estimate of drug-likeness (QED) is 0.603. The molecule has 6 nitrogen and oxygen atoms in total. The maximum atomic E-state index is 12.2. The van der Waals surface area contributed by atoms with E-state index < -0.39 is 0 Å². The van der Waals surface area contributed by atoms with Crippen LogP contribution in [0.4, 0.5) is 0 Å². The van der Waals surface area contributed by atoms with E-state index in [-0.39, 0.29) is 5.91 Å². The predicted octanol–water partition coefficient (Wildman–Crippen LogP) is 4.12. The van der Waals surface area contributed by atoms with Crippen molar-refractivity contribution in [3.63, 3.8) is 0 Å². The first-order valence-electron chi connectivity index (χ1n) is 9.15. The highest BCUT2D eigenvalue weighted by atomic mass is 32.1. The zero-order chi connectivity index (χ0) is 20.8. The Bertz CT molecular complexity index is 958. The van der Waals surface area contributed by atoms with Crippen LogP contribution in [-0.2, 0) is 6.42 Å². The number of amides is 1. The van der Waals surface area contributed by atoms with Crippen LogP contribution in [0.3, 0.4) is 0 Å². The minimum absolute atomic E-state index is 0.0786. The molecule has 1 N–H and O–H groups in total. The zero-order valence-corrected chi connectivity index (χ0v) is 17.8. The van der Waals surface area contributed by atoms with Crippen LogP contribution in [0.5, 0.6) is 17.2 Å². The fourth-order valence-electron chi connectivity index (χ4n) is 2.87. The highest BCUT2D eigenvalue weighted by Gasteiger charge is 2.16. The number of hydrogen-bond acceptors (Lipinski definition) is 6. The van der Waals surface area contributed by atoms with Gasteiger partial charge in [-0.05, 0) is 31.2 Å². The monoisotopic (exact) mass is 412 g/mol. The molecule has 1 aromatic heterocycles. The van der Waals surface area contributed by atoms with Crippen molar-refractivity contribution in [2.45, 2.75) is 13.3 Å². The van der Waals surface area contributed by atoms with Crippen molar-refractivity contribution in [3.05, 3.63) is 58.6 Å². The number of aryl methyl sites for hydroxylation is 1. The smallest absolute Gasteiger partial charge is 0.251 e. The number of hydrogen-bond donors (Lipinski definition) is 1. The molecule has 29 heavy (non-hydrogen) atoms. The summed E-state index contributed by atoms with van der Waals surface area (Å²) in [6.07, 6.45) is 0.651. The summed E-state index contributed by atoms with van der Waals surface area (Å²) in [5.41, 5.74) is 3.60. The van der Waals surface area contributed by atoms with Crippen LogP contribution >= 0.6 is 11.3 Å². The highest BCUT2D eigenvalue weighted by molar-refractivity contribution is 7.13. The van der Waals surface area contributed by atoms with E-state index in [2.05, 4.69) is 10.3 Å². The van der Waals surface area contributed by atoms with E-state index in [9.17, 15) is 4.79 Å². The molecule has 1 amide bonds. The van der Waals surface area contributed by atoms with Crippen LogP contribution in [-0.4, -0.2) is 38.8 Å². The number of thiazole rings is 1. The minimum atomic E-state index is -0.0786. The molecule has 0 spiro atoms. The summed E-state index contributed by atoms with van der Waals surface area (Å²) in [6, 6.07) is 11.3. The SMILES string of the molecule is COc1cc(-c2nc(CCNC(=O)c3ccc(C)cc3)cs2)cc(OC)c1OC. The third-order valence-electron chi connectivity index (χ3n) is 4.44. The summed E-state index contributed by atoms with van der Waals surface area (Å²) in [6.45, 7) is 2.51. The Balaban J connectivity index is 1.66. The number of carbonyl (C=O) groups excluding carboxylic acids is 1. The largest absolute Gasteiger partial charge is 0.493 e. The molecule has 7 heteroatoms. The molecule has 0 aliphatic carbocycles. The van der Waals surface area contributed by atoms with Crippen LogP contribution in [0.25, 0.3) is 10.6 Å². The lowest BCUT2D eigenvalue weighted by Crippen LogP contribution is -2.25. The highest BCUT2D eigenvalue weighted by Crippen LogP contribution is 2.41. The van der Waals surface area contributed by atoms with Gasteiger partial charge < -0.3 is 19.5 Å². The van der Waals surface area contributed by atoms with Gasteiger partial charge in [0, 0.05) is 29.5 Å². The van der Waals surface area contributed by atoms with Gasteiger partial charge in [-0.25, -0.2) is 4.98 Å². The first-order valence-corrected chi connectivity index (χ1v) is 10.0. The molecule has 0 unspecified atom stereocenters. The van der Waals surface area contributed by atoms with Crippen molar-refractivity contribution in [1.82, 2.24) is 10.3 Å². The summed E-state index contributed by atoms with van der Waals surface area (Å²) in [5, 5.41) is 5.78. The molecule has 3 rings (SSSR count). The molecule has 1 heterocycles. The van der Waals surface area contributed by atoms with Crippen molar-refractivity contribution in [1.29, 1.82) is 0 Å². The Morgan fingerprint density at radius 3 is 2.28 bits per heavy atom. The van der Waals surface area contributed by atoms with Gasteiger partial charge in [0.2, 0.25) is 5.75 Å². The molecule has 3 aromatic rings. The molecule has 0 atom stereocenters. The van der Waals surface area contributed by atoms with Gasteiger partial charge >= 0.3 is 0 Å². The fraction of sp³-hybridized carbons (Fsp3) is 0.273. The number of nitrogens with one attached hydrogen (secondary N) is 1. The Morgan fingerprint density at radius 1 is 1.03 bits per heavy atom. The molecule has 2 aromatic carbocycles. The number of carbonyl (C=O) groups is 1. The average Bonchev–Trinajstić information content (AvgIpc) is 3.21. The van der Waals surface area contributed by atoms with E-state index in [1.165, 1.54) is 11.3 Å². The van der Waals surface area contributed by atoms with Gasteiger partial charge in [0.05, 0.1) is 27.0 Å². The van der Waals surface area contributed by atoms with E-state index in [1.54, 1.807) is 21.3 Å². The van der Waals surface area contributed by atoms with E-state index in [1.807, 2.05) is 48.7 Å². The number of nitrogens with zero attached hydrogens (tertiary/aromatic N) is 1. The van der Waals surface area contributed by atoms with Gasteiger partial charge in [0.25, 0.3) is 5.91 Å². The molecule has 152 valence electrons. The maximum Gasteiger partial charge on any atom is 0.251 e. The van der Waals surface area contributed by atoms with Crippen LogP contribution in [0, 0.1) is 6.92 Å². The molecule has 0 fully saturated rings. The molecule has 0 aliphatic rings. The van der Waals surface area contributed by atoms with Crippen molar-refractivity contribution in [2.75, 3.05) is 27.9 Å². The summed E-state index contributed by atoms with van der Waals surface area (Å²) in [4.78, 5) is 16.9. The molecule has 0 bridgehead atoms. The van der Waals surface area contributed by atoms with Crippen molar-refractivity contribution < 1.29 is 19.0 Å². The Hall–Kier alpha value is -3.06. The standard InChI is InChI=1S/C22H24N2O4S/c1-14-5-7-15(8-6-14)21(25)23-10-9-17-13-29-22(24-17)16-11-18(26-2)20(28-4)19(12-16)27-3/h5-8,11-13H,9-10H2,1-4H3,(H,23,25). The number of methoxy groups -OCH3 is 3. The third-order valence-corrected chi connectivity index (χ3v) is 5.38. The van der Waals surface area contributed by atoms with E-state index in [0.29, 0.717) is 35.8 Å². The van der Waals surface area contributed by atoms with E-state index >= 15 is 0 Å². The lowest BCUT2D eigenvalue weighted by Gasteiger charge is -2.13. The summed E-state index contributed by atoms with van der Waals surface area (Å²) >= 11 is 1.54. The number of rotatable bonds is 8. The Kier molecular flexibility index (Phi) is 6.72. The summed E-state index contributed by atoms with van der Waals surface area (Å²) in [5.74, 6) is 1.65. The molecule has 0 saturated heterocycles. The summed E-state index contributed by atoms with van der Waals surface area (Å²) in [7, 11) is 4.75. The molecule has 0 radical (unpaired) electrons. The van der Waals surface area contributed by atoms with Gasteiger partial charge in [-0.1, -0.05) is 17.7 Å². The molecule has 0 saturated carbocycles. The second-order valence-electron chi connectivity index (χ2n) is 6.43. The number of ether oxygens (including phenoxy) is 3. The molecule has 0 aliphatic heterocycles. The van der Waals surface area contributed by atoms with Crippen molar-refractivity contribution in [2.24, 2.45) is 0 Å². The maximum absolute atomic E-state index is 12.2. The van der Waals surface area contributed by atoms with Crippen LogP contribution < -0.4 is 19.5 Å². The summed E-state index contributed by atoms with van der Waals surface area (Å²) < 4.78 is 16.2. The lowest BCUT2D eigenvalue weighted by molar-refractivity contribution is 0.0954.